The van der Waals surface area contributed by atoms with Gasteiger partial charge in [-0.1, -0.05) is 30.3 Å². The van der Waals surface area contributed by atoms with Crippen LogP contribution in [0.2, 0.25) is 0 Å². The Hall–Kier alpha value is -4.76. The molecule has 186 valence electrons. The molecule has 2 aliphatic rings. The summed E-state index contributed by atoms with van der Waals surface area (Å²) in [5, 5.41) is 10.5. The molecule has 2 aromatic carbocycles. The van der Waals surface area contributed by atoms with Gasteiger partial charge in [-0.15, -0.1) is 11.3 Å². The van der Waals surface area contributed by atoms with Crippen molar-refractivity contribution in [1.82, 2.24) is 14.8 Å². The van der Waals surface area contributed by atoms with E-state index in [1.54, 1.807) is 24.6 Å². The van der Waals surface area contributed by atoms with Crippen LogP contribution in [0.1, 0.15) is 22.2 Å². The first-order chi connectivity index (χ1) is 18.7. The standard InChI is InChI=1S/C29H23N7OS/c1-18-25-26(23-13-8-16-38-23)35-22-12-4-3-11-21(22)32-27(31-19-9-7-10-20(17-19)37-2)29(35)33-28(25)36(34-18)24-14-5-6-15-30-24/h3-17,26H,1-2H3,(H,31,32). The van der Waals surface area contributed by atoms with Crippen LogP contribution in [-0.2, 0) is 0 Å². The first-order valence-electron chi connectivity index (χ1n) is 12.2. The Kier molecular flexibility index (Phi) is 5.29. The molecule has 1 unspecified atom stereocenters. The van der Waals surface area contributed by atoms with Crippen LogP contribution >= 0.6 is 11.3 Å². The second kappa shape index (κ2) is 8.97. The Morgan fingerprint density at radius 1 is 0.947 bits per heavy atom. The van der Waals surface area contributed by atoms with Gasteiger partial charge in [0.1, 0.15) is 11.8 Å². The Bertz CT molecular complexity index is 1710. The van der Waals surface area contributed by atoms with Gasteiger partial charge in [-0.25, -0.2) is 15.0 Å². The molecule has 3 aromatic heterocycles. The number of hydrogen-bond acceptors (Lipinski definition) is 8. The van der Waals surface area contributed by atoms with E-state index in [-0.39, 0.29) is 6.04 Å². The van der Waals surface area contributed by atoms with Crippen LogP contribution in [0, 0.1) is 6.92 Å². The molecule has 9 heteroatoms. The minimum absolute atomic E-state index is 0.131. The number of aryl methyl sites for hydroxylation is 1. The number of methoxy groups -OCH3 is 1. The molecule has 0 radical (unpaired) electrons. The van der Waals surface area contributed by atoms with E-state index in [0.29, 0.717) is 5.84 Å². The lowest BCUT2D eigenvalue weighted by Gasteiger charge is -2.40. The van der Waals surface area contributed by atoms with Crippen molar-refractivity contribution in [1.29, 1.82) is 0 Å². The summed E-state index contributed by atoms with van der Waals surface area (Å²) < 4.78 is 7.28. The molecule has 0 spiro atoms. The Balaban J connectivity index is 1.48. The summed E-state index contributed by atoms with van der Waals surface area (Å²) in [4.78, 5) is 18.3. The Morgan fingerprint density at radius 3 is 2.66 bits per heavy atom. The molecule has 5 aromatic rings. The largest absolute Gasteiger partial charge is 0.497 e. The zero-order valence-corrected chi connectivity index (χ0v) is 21.6. The smallest absolute Gasteiger partial charge is 0.179 e. The highest BCUT2D eigenvalue weighted by molar-refractivity contribution is 7.10. The van der Waals surface area contributed by atoms with Crippen molar-refractivity contribution in [3.8, 4) is 11.6 Å². The van der Waals surface area contributed by atoms with Gasteiger partial charge in [0.25, 0.3) is 0 Å². The van der Waals surface area contributed by atoms with Crippen molar-refractivity contribution < 1.29 is 4.74 Å². The fraction of sp³-hybridized carbons (Fsp3) is 0.103. The van der Waals surface area contributed by atoms with Gasteiger partial charge in [0.05, 0.1) is 24.2 Å². The second-order valence-electron chi connectivity index (χ2n) is 8.95. The lowest BCUT2D eigenvalue weighted by Crippen LogP contribution is -2.46. The molecule has 2 aliphatic heterocycles. The molecule has 0 amide bonds. The molecule has 1 N–H and O–H groups in total. The monoisotopic (exact) mass is 517 g/mol. The molecule has 0 saturated heterocycles. The fourth-order valence-electron chi connectivity index (χ4n) is 4.99. The quantitative estimate of drug-likeness (QED) is 0.297. The third kappa shape index (κ3) is 3.59. The first kappa shape index (κ1) is 22.4. The predicted octanol–water partition coefficient (Wildman–Crippen LogP) is 6.44. The van der Waals surface area contributed by atoms with Crippen LogP contribution < -0.4 is 15.0 Å². The average Bonchev–Trinajstić information content (AvgIpc) is 3.61. The molecular weight excluding hydrogens is 494 g/mol. The van der Waals surface area contributed by atoms with E-state index in [1.807, 2.05) is 72.3 Å². The van der Waals surface area contributed by atoms with Crippen molar-refractivity contribution in [2.75, 3.05) is 17.3 Å². The molecule has 0 saturated carbocycles. The molecular formula is C29H23N7OS. The number of nitrogens with zero attached hydrogens (tertiary/aromatic N) is 6. The Morgan fingerprint density at radius 2 is 1.84 bits per heavy atom. The van der Waals surface area contributed by atoms with E-state index < -0.39 is 0 Å². The van der Waals surface area contributed by atoms with Gasteiger partial charge in [-0.3, -0.25) is 0 Å². The molecule has 7 rings (SSSR count). The van der Waals surface area contributed by atoms with E-state index in [4.69, 9.17) is 19.8 Å². The summed E-state index contributed by atoms with van der Waals surface area (Å²) in [6, 6.07) is 25.9. The maximum Gasteiger partial charge on any atom is 0.179 e. The van der Waals surface area contributed by atoms with Crippen molar-refractivity contribution >= 4 is 45.9 Å². The number of ether oxygens (including phenoxy) is 1. The number of hydrogen-bond donors (Lipinski definition) is 1. The summed E-state index contributed by atoms with van der Waals surface area (Å²) >= 11 is 1.72. The van der Waals surface area contributed by atoms with Crippen molar-refractivity contribution in [3.05, 3.63) is 107 Å². The van der Waals surface area contributed by atoms with Crippen molar-refractivity contribution in [3.63, 3.8) is 0 Å². The molecule has 38 heavy (non-hydrogen) atoms. The number of aliphatic imine (C=N–C) groups is 2. The van der Waals surface area contributed by atoms with Crippen LogP contribution in [0.15, 0.2) is 100 Å². The molecule has 0 aliphatic carbocycles. The highest BCUT2D eigenvalue weighted by Crippen LogP contribution is 2.49. The van der Waals surface area contributed by atoms with E-state index in [2.05, 4.69) is 38.8 Å². The normalized spacial score (nSPS) is 15.6. The number of anilines is 2. The number of para-hydroxylation sites is 2. The maximum absolute atomic E-state index is 5.45. The van der Waals surface area contributed by atoms with E-state index in [9.17, 15) is 0 Å². The summed E-state index contributed by atoms with van der Waals surface area (Å²) in [5.41, 5.74) is 4.69. The Labute approximate surface area is 223 Å². The number of rotatable bonds is 4. The number of thiophene rings is 1. The topological polar surface area (TPSA) is 79.9 Å². The lowest BCUT2D eigenvalue weighted by atomic mass is 9.98. The first-order valence-corrected chi connectivity index (χ1v) is 13.1. The second-order valence-corrected chi connectivity index (χ2v) is 9.93. The number of amidine groups is 2. The minimum Gasteiger partial charge on any atom is -0.497 e. The highest BCUT2D eigenvalue weighted by Gasteiger charge is 2.41. The third-order valence-corrected chi connectivity index (χ3v) is 7.57. The zero-order valence-electron chi connectivity index (χ0n) is 20.7. The van der Waals surface area contributed by atoms with Gasteiger partial charge >= 0.3 is 0 Å². The van der Waals surface area contributed by atoms with Crippen LogP contribution in [0.4, 0.5) is 22.9 Å². The molecule has 8 nitrogen and oxygen atoms in total. The fourth-order valence-corrected chi connectivity index (χ4v) is 5.81. The van der Waals surface area contributed by atoms with E-state index >= 15 is 0 Å². The molecule has 0 bridgehead atoms. The minimum atomic E-state index is -0.131. The van der Waals surface area contributed by atoms with Gasteiger partial charge in [0, 0.05) is 28.4 Å². The lowest BCUT2D eigenvalue weighted by molar-refractivity contribution is 0.415. The SMILES string of the molecule is COc1cccc(NC2=Nc3ccccc3N3C2=Nc2c(c(C)nn2-c2ccccn2)C3c2cccs2)c1. The number of nitrogens with one attached hydrogen (secondary N) is 1. The van der Waals surface area contributed by atoms with E-state index in [1.165, 1.54) is 4.88 Å². The number of fused-ring (bicyclic) bond motifs is 4. The van der Waals surface area contributed by atoms with E-state index in [0.717, 1.165) is 51.5 Å². The number of pyridine rings is 1. The summed E-state index contributed by atoms with van der Waals surface area (Å²) in [6.45, 7) is 2.04. The molecule has 0 fully saturated rings. The molecule has 1 atom stereocenters. The van der Waals surface area contributed by atoms with Crippen molar-refractivity contribution in [2.45, 2.75) is 13.0 Å². The average molecular weight is 518 g/mol. The van der Waals surface area contributed by atoms with Gasteiger partial charge in [-0.05, 0) is 54.8 Å². The van der Waals surface area contributed by atoms with Gasteiger partial charge in [0.2, 0.25) is 0 Å². The van der Waals surface area contributed by atoms with Gasteiger partial charge in [-0.2, -0.15) is 9.78 Å². The summed E-state index contributed by atoms with van der Waals surface area (Å²) in [6.07, 6.45) is 1.77. The summed E-state index contributed by atoms with van der Waals surface area (Å²) in [5.74, 6) is 3.60. The van der Waals surface area contributed by atoms with Crippen molar-refractivity contribution in [2.24, 2.45) is 9.98 Å². The van der Waals surface area contributed by atoms with Gasteiger partial charge in [0.15, 0.2) is 23.3 Å². The van der Waals surface area contributed by atoms with Crippen LogP contribution in [0.5, 0.6) is 5.75 Å². The van der Waals surface area contributed by atoms with Crippen LogP contribution in [0.3, 0.4) is 0 Å². The van der Waals surface area contributed by atoms with Gasteiger partial charge < -0.3 is 15.0 Å². The number of aromatic nitrogens is 3. The van der Waals surface area contributed by atoms with Crippen LogP contribution in [-0.4, -0.2) is 33.5 Å². The predicted molar refractivity (Wildman–Crippen MR) is 152 cm³/mol. The molecule has 5 heterocycles. The highest BCUT2D eigenvalue weighted by atomic mass is 32.1. The summed E-state index contributed by atoms with van der Waals surface area (Å²) in [7, 11) is 1.66. The maximum atomic E-state index is 5.45. The third-order valence-electron chi connectivity index (χ3n) is 6.65. The number of benzene rings is 2. The zero-order chi connectivity index (χ0) is 25.6. The van der Waals surface area contributed by atoms with Crippen LogP contribution in [0.25, 0.3) is 5.82 Å².